The minimum absolute atomic E-state index is 0.000407. The lowest BCUT2D eigenvalue weighted by Crippen LogP contribution is -2.35. The van der Waals surface area contributed by atoms with Crippen LogP contribution in [0.5, 0.6) is 11.5 Å². The molecule has 0 bridgehead atoms. The van der Waals surface area contributed by atoms with Crippen LogP contribution in [-0.4, -0.2) is 57.9 Å². The van der Waals surface area contributed by atoms with Crippen molar-refractivity contribution in [3.63, 3.8) is 0 Å². The molecule has 4 unspecified atom stereocenters. The molecule has 19 heavy (non-hydrogen) atoms. The van der Waals surface area contributed by atoms with E-state index in [1.54, 1.807) is 0 Å². The van der Waals surface area contributed by atoms with Gasteiger partial charge in [0, 0.05) is 5.56 Å². The number of aldehydes is 1. The van der Waals surface area contributed by atoms with Gasteiger partial charge >= 0.3 is 0 Å². The summed E-state index contributed by atoms with van der Waals surface area (Å²) in [6.45, 7) is -0.464. The molecule has 1 aromatic carbocycles. The Balaban J connectivity index is 2.11. The molecule has 0 saturated carbocycles. The number of aliphatic hydroxyl groups is 3. The summed E-state index contributed by atoms with van der Waals surface area (Å²) in [5.41, 5.74) is 0.269. The molecular weight excluding hydrogens is 256 g/mol. The van der Waals surface area contributed by atoms with Crippen molar-refractivity contribution in [2.75, 3.05) is 6.61 Å². The lowest BCUT2D eigenvalue weighted by atomic mass is 10.1. The fourth-order valence-electron chi connectivity index (χ4n) is 1.80. The van der Waals surface area contributed by atoms with Crippen LogP contribution in [0, 0.1) is 0 Å². The summed E-state index contributed by atoms with van der Waals surface area (Å²) in [6.07, 6.45) is -4.21. The molecule has 0 radical (unpaired) electrons. The Morgan fingerprint density at radius 1 is 1.32 bits per heavy atom. The van der Waals surface area contributed by atoms with Crippen LogP contribution in [0.15, 0.2) is 18.2 Å². The van der Waals surface area contributed by atoms with E-state index in [0.29, 0.717) is 6.29 Å². The monoisotopic (exact) mass is 270 g/mol. The average Bonchev–Trinajstić information content (AvgIpc) is 2.68. The highest BCUT2D eigenvalue weighted by molar-refractivity contribution is 5.76. The standard InChI is InChI=1S/C12H14O7/c13-4-6-1-2-8(7(15)3-6)18-12-11(17)10(16)9(5-14)19-12/h1-4,9-12,14-17H,5H2. The van der Waals surface area contributed by atoms with Gasteiger partial charge < -0.3 is 29.9 Å². The van der Waals surface area contributed by atoms with Crippen LogP contribution in [0.4, 0.5) is 0 Å². The summed E-state index contributed by atoms with van der Waals surface area (Å²) in [4.78, 5) is 10.5. The molecule has 7 nitrogen and oxygen atoms in total. The van der Waals surface area contributed by atoms with E-state index in [0.717, 1.165) is 0 Å². The molecule has 4 N–H and O–H groups in total. The largest absolute Gasteiger partial charge is 0.504 e. The van der Waals surface area contributed by atoms with Crippen LogP contribution in [0.2, 0.25) is 0 Å². The minimum Gasteiger partial charge on any atom is -0.504 e. The van der Waals surface area contributed by atoms with E-state index < -0.39 is 31.2 Å². The highest BCUT2D eigenvalue weighted by Crippen LogP contribution is 2.31. The normalized spacial score (nSPS) is 30.3. The quantitative estimate of drug-likeness (QED) is 0.520. The number of hydrogen-bond acceptors (Lipinski definition) is 7. The first-order valence-corrected chi connectivity index (χ1v) is 5.64. The van der Waals surface area contributed by atoms with Crippen LogP contribution in [0.1, 0.15) is 10.4 Å². The fraction of sp³-hybridized carbons (Fsp3) is 0.417. The molecule has 2 rings (SSSR count). The molecule has 0 aromatic heterocycles. The summed E-state index contributed by atoms with van der Waals surface area (Å²) >= 11 is 0. The number of phenolic OH excluding ortho intramolecular Hbond substituents is 1. The van der Waals surface area contributed by atoms with Crippen LogP contribution in [-0.2, 0) is 4.74 Å². The van der Waals surface area contributed by atoms with E-state index in [-0.39, 0.29) is 17.1 Å². The number of benzene rings is 1. The van der Waals surface area contributed by atoms with Crippen molar-refractivity contribution in [3.8, 4) is 11.5 Å². The van der Waals surface area contributed by atoms with Crippen molar-refractivity contribution in [2.45, 2.75) is 24.6 Å². The van der Waals surface area contributed by atoms with Crippen molar-refractivity contribution in [2.24, 2.45) is 0 Å². The molecule has 4 atom stereocenters. The summed E-state index contributed by atoms with van der Waals surface area (Å²) in [6, 6.07) is 3.96. The highest BCUT2D eigenvalue weighted by Gasteiger charge is 2.44. The summed E-state index contributed by atoms with van der Waals surface area (Å²) in [5, 5.41) is 37.7. The molecule has 0 amide bonds. The number of carbonyl (C=O) groups excluding carboxylic acids is 1. The van der Waals surface area contributed by atoms with Crippen molar-refractivity contribution >= 4 is 6.29 Å². The first-order chi connectivity index (χ1) is 9.06. The molecule has 1 fully saturated rings. The second-order valence-corrected chi connectivity index (χ2v) is 4.17. The van der Waals surface area contributed by atoms with Gasteiger partial charge in [-0.25, -0.2) is 0 Å². The van der Waals surface area contributed by atoms with E-state index >= 15 is 0 Å². The van der Waals surface area contributed by atoms with Crippen LogP contribution >= 0.6 is 0 Å². The SMILES string of the molecule is O=Cc1ccc(OC2OC(CO)C(O)C2O)c(O)c1. The molecule has 104 valence electrons. The van der Waals surface area contributed by atoms with Gasteiger partial charge in [-0.3, -0.25) is 4.79 Å². The average molecular weight is 270 g/mol. The molecule has 0 aliphatic carbocycles. The zero-order chi connectivity index (χ0) is 14.0. The molecule has 1 aliphatic heterocycles. The van der Waals surface area contributed by atoms with Gasteiger partial charge in [0.25, 0.3) is 0 Å². The molecule has 1 aromatic rings. The summed E-state index contributed by atoms with van der Waals surface area (Å²) in [7, 11) is 0. The first kappa shape index (κ1) is 13.8. The van der Waals surface area contributed by atoms with Crippen molar-refractivity contribution in [1.82, 2.24) is 0 Å². The number of hydrogen-bond donors (Lipinski definition) is 4. The van der Waals surface area contributed by atoms with E-state index in [1.807, 2.05) is 0 Å². The Labute approximate surface area is 108 Å². The van der Waals surface area contributed by atoms with Crippen molar-refractivity contribution < 1.29 is 34.7 Å². The lowest BCUT2D eigenvalue weighted by molar-refractivity contribution is -0.117. The maximum absolute atomic E-state index is 10.5. The Bertz CT molecular complexity index is 461. The number of rotatable bonds is 4. The fourth-order valence-corrected chi connectivity index (χ4v) is 1.80. The molecule has 1 aliphatic rings. The van der Waals surface area contributed by atoms with Crippen LogP contribution in [0.3, 0.4) is 0 Å². The minimum atomic E-state index is -1.35. The second-order valence-electron chi connectivity index (χ2n) is 4.17. The summed E-state index contributed by atoms with van der Waals surface area (Å²) in [5.74, 6) is -0.289. The third-order valence-electron chi connectivity index (χ3n) is 2.86. The van der Waals surface area contributed by atoms with E-state index in [4.69, 9.17) is 14.6 Å². The van der Waals surface area contributed by atoms with Gasteiger partial charge in [-0.1, -0.05) is 0 Å². The Morgan fingerprint density at radius 3 is 2.58 bits per heavy atom. The number of carbonyl (C=O) groups is 1. The first-order valence-electron chi connectivity index (χ1n) is 5.64. The van der Waals surface area contributed by atoms with Gasteiger partial charge in [0.05, 0.1) is 6.61 Å². The molecule has 1 saturated heterocycles. The Morgan fingerprint density at radius 2 is 2.05 bits per heavy atom. The predicted octanol–water partition coefficient (Wildman–Crippen LogP) is -0.978. The maximum atomic E-state index is 10.5. The summed E-state index contributed by atoms with van der Waals surface area (Å²) < 4.78 is 10.3. The number of aromatic hydroxyl groups is 1. The zero-order valence-corrected chi connectivity index (χ0v) is 9.84. The molecular formula is C12H14O7. The van der Waals surface area contributed by atoms with E-state index in [1.165, 1.54) is 18.2 Å². The van der Waals surface area contributed by atoms with Crippen molar-refractivity contribution in [3.05, 3.63) is 23.8 Å². The number of phenols is 1. The van der Waals surface area contributed by atoms with Crippen LogP contribution < -0.4 is 4.74 Å². The number of aliphatic hydroxyl groups excluding tert-OH is 3. The lowest BCUT2D eigenvalue weighted by Gasteiger charge is -2.17. The third-order valence-corrected chi connectivity index (χ3v) is 2.86. The maximum Gasteiger partial charge on any atom is 0.229 e. The zero-order valence-electron chi connectivity index (χ0n) is 9.84. The van der Waals surface area contributed by atoms with E-state index in [2.05, 4.69) is 0 Å². The predicted molar refractivity (Wildman–Crippen MR) is 61.9 cm³/mol. The van der Waals surface area contributed by atoms with Gasteiger partial charge in [-0.2, -0.15) is 0 Å². The van der Waals surface area contributed by atoms with Crippen molar-refractivity contribution in [1.29, 1.82) is 0 Å². The molecule has 7 heteroatoms. The highest BCUT2D eigenvalue weighted by atomic mass is 16.7. The second kappa shape index (κ2) is 5.54. The van der Waals surface area contributed by atoms with Gasteiger partial charge in [0.15, 0.2) is 11.5 Å². The van der Waals surface area contributed by atoms with Gasteiger partial charge in [-0.05, 0) is 18.2 Å². The molecule has 1 heterocycles. The van der Waals surface area contributed by atoms with Gasteiger partial charge in [0.2, 0.25) is 6.29 Å². The van der Waals surface area contributed by atoms with Gasteiger partial charge in [-0.15, -0.1) is 0 Å². The number of ether oxygens (including phenoxy) is 2. The topological polar surface area (TPSA) is 116 Å². The van der Waals surface area contributed by atoms with Gasteiger partial charge in [0.1, 0.15) is 24.6 Å². The third kappa shape index (κ3) is 2.69. The Hall–Kier alpha value is -1.67. The van der Waals surface area contributed by atoms with E-state index in [9.17, 15) is 20.1 Å². The van der Waals surface area contributed by atoms with Crippen LogP contribution in [0.25, 0.3) is 0 Å². The molecule has 0 spiro atoms. The smallest absolute Gasteiger partial charge is 0.229 e. The Kier molecular flexibility index (Phi) is 4.01.